The minimum Gasteiger partial charge on any atom is -0.353 e. The smallest absolute Gasteiger partial charge is 0.226 e. The summed E-state index contributed by atoms with van der Waals surface area (Å²) in [6.45, 7) is 0. The molecule has 26 heavy (non-hydrogen) atoms. The van der Waals surface area contributed by atoms with Gasteiger partial charge in [0.25, 0.3) is 0 Å². The van der Waals surface area contributed by atoms with Gasteiger partial charge in [0.15, 0.2) is 0 Å². The van der Waals surface area contributed by atoms with Gasteiger partial charge >= 0.3 is 0 Å². The molecule has 144 valence electrons. The number of hydrogen-bond donors (Lipinski definition) is 2. The average molecular weight is 359 g/mol. The van der Waals surface area contributed by atoms with Crippen LogP contribution < -0.4 is 10.6 Å². The Morgan fingerprint density at radius 1 is 0.654 bits per heavy atom. The van der Waals surface area contributed by atoms with Gasteiger partial charge in [-0.1, -0.05) is 25.7 Å². The first-order valence-corrected chi connectivity index (χ1v) is 11.2. The van der Waals surface area contributed by atoms with Crippen LogP contribution in [-0.2, 0) is 9.59 Å². The van der Waals surface area contributed by atoms with Crippen molar-refractivity contribution in [3.05, 3.63) is 0 Å². The van der Waals surface area contributed by atoms with Gasteiger partial charge in [0.05, 0.1) is 10.8 Å². The van der Waals surface area contributed by atoms with E-state index in [1.54, 1.807) is 0 Å². The molecule has 4 bridgehead atoms. The van der Waals surface area contributed by atoms with E-state index in [2.05, 4.69) is 10.6 Å². The van der Waals surface area contributed by atoms with Crippen LogP contribution in [0.1, 0.15) is 89.9 Å². The lowest BCUT2D eigenvalue weighted by Crippen LogP contribution is -2.62. The highest BCUT2D eigenvalue weighted by molar-refractivity contribution is 5.88. The SMILES string of the molecule is O=C(NC1CCCC1)C12CC3CC(C1)CC(C(=O)NC1CCCC1)(C3)C2. The Bertz CT molecular complexity index is 527. The van der Waals surface area contributed by atoms with Crippen LogP contribution in [0.2, 0.25) is 0 Å². The molecule has 4 nitrogen and oxygen atoms in total. The fourth-order valence-electron chi connectivity index (χ4n) is 7.61. The predicted octanol–water partition coefficient (Wildman–Crippen LogP) is 3.69. The van der Waals surface area contributed by atoms with Crippen molar-refractivity contribution in [2.24, 2.45) is 22.7 Å². The molecule has 0 heterocycles. The Morgan fingerprint density at radius 3 is 1.42 bits per heavy atom. The average Bonchev–Trinajstić information content (AvgIpc) is 3.27. The van der Waals surface area contributed by atoms with Crippen molar-refractivity contribution in [1.29, 1.82) is 0 Å². The third kappa shape index (κ3) is 2.79. The molecule has 4 heteroatoms. The van der Waals surface area contributed by atoms with E-state index in [-0.39, 0.29) is 22.6 Å². The quantitative estimate of drug-likeness (QED) is 0.805. The fraction of sp³-hybridized carbons (Fsp3) is 0.909. The summed E-state index contributed by atoms with van der Waals surface area (Å²) in [6.07, 6.45) is 15.7. The largest absolute Gasteiger partial charge is 0.353 e. The van der Waals surface area contributed by atoms with Crippen molar-refractivity contribution in [3.8, 4) is 0 Å². The molecule has 0 aliphatic heterocycles. The maximum absolute atomic E-state index is 13.3. The lowest BCUT2D eigenvalue weighted by atomic mass is 9.43. The van der Waals surface area contributed by atoms with Gasteiger partial charge in [0, 0.05) is 12.1 Å². The van der Waals surface area contributed by atoms with E-state index < -0.39 is 0 Å². The van der Waals surface area contributed by atoms with E-state index in [9.17, 15) is 9.59 Å². The van der Waals surface area contributed by atoms with Crippen molar-refractivity contribution >= 4 is 11.8 Å². The summed E-state index contributed by atoms with van der Waals surface area (Å²) < 4.78 is 0. The first-order chi connectivity index (χ1) is 12.6. The van der Waals surface area contributed by atoms with E-state index in [0.717, 1.165) is 57.8 Å². The maximum Gasteiger partial charge on any atom is 0.226 e. The second-order valence-corrected chi connectivity index (χ2v) is 10.4. The molecule has 0 atom stereocenters. The second-order valence-electron chi connectivity index (χ2n) is 10.4. The summed E-state index contributed by atoms with van der Waals surface area (Å²) in [7, 11) is 0. The van der Waals surface area contributed by atoms with Crippen LogP contribution in [-0.4, -0.2) is 23.9 Å². The van der Waals surface area contributed by atoms with Crippen LogP contribution in [0.3, 0.4) is 0 Å². The van der Waals surface area contributed by atoms with Gasteiger partial charge in [-0.2, -0.15) is 0 Å². The first-order valence-electron chi connectivity index (χ1n) is 11.2. The van der Waals surface area contributed by atoms with E-state index in [0.29, 0.717) is 23.9 Å². The summed E-state index contributed by atoms with van der Waals surface area (Å²) in [5.41, 5.74) is -0.501. The number of amides is 2. The lowest BCUT2D eigenvalue weighted by Gasteiger charge is -2.60. The Kier molecular flexibility index (Phi) is 4.09. The van der Waals surface area contributed by atoms with Crippen molar-refractivity contribution in [1.82, 2.24) is 10.6 Å². The summed E-state index contributed by atoms with van der Waals surface area (Å²) in [5.74, 6) is 1.74. The molecule has 6 aliphatic carbocycles. The number of hydrogen-bond acceptors (Lipinski definition) is 2. The second kappa shape index (κ2) is 6.24. The van der Waals surface area contributed by atoms with E-state index in [1.165, 1.54) is 32.1 Å². The van der Waals surface area contributed by atoms with Gasteiger partial charge in [0.1, 0.15) is 0 Å². The van der Waals surface area contributed by atoms with Crippen molar-refractivity contribution in [2.45, 2.75) is 102 Å². The zero-order chi connectivity index (χ0) is 17.8. The summed E-state index contributed by atoms with van der Waals surface area (Å²) in [6, 6.07) is 0.775. The molecule has 6 saturated carbocycles. The normalized spacial score (nSPS) is 42.3. The summed E-state index contributed by atoms with van der Waals surface area (Å²) in [4.78, 5) is 26.6. The van der Waals surface area contributed by atoms with Crippen LogP contribution in [0.5, 0.6) is 0 Å². The van der Waals surface area contributed by atoms with Gasteiger partial charge in [-0.25, -0.2) is 0 Å². The predicted molar refractivity (Wildman–Crippen MR) is 100 cm³/mol. The molecule has 0 unspecified atom stereocenters. The van der Waals surface area contributed by atoms with Crippen LogP contribution >= 0.6 is 0 Å². The van der Waals surface area contributed by atoms with E-state index >= 15 is 0 Å². The Labute approximate surface area is 157 Å². The minimum atomic E-state index is -0.250. The van der Waals surface area contributed by atoms with E-state index in [4.69, 9.17) is 0 Å². The molecule has 0 spiro atoms. The van der Waals surface area contributed by atoms with Crippen LogP contribution in [0, 0.1) is 22.7 Å². The van der Waals surface area contributed by atoms with Crippen LogP contribution in [0.25, 0.3) is 0 Å². The third-order valence-electron chi connectivity index (χ3n) is 8.41. The van der Waals surface area contributed by atoms with Gasteiger partial charge < -0.3 is 10.6 Å². The number of carbonyl (C=O) groups excluding carboxylic acids is 2. The molecule has 0 aromatic carbocycles. The van der Waals surface area contributed by atoms with Crippen molar-refractivity contribution < 1.29 is 9.59 Å². The number of carbonyl (C=O) groups is 2. The zero-order valence-electron chi connectivity index (χ0n) is 16.0. The molecule has 2 amide bonds. The third-order valence-corrected chi connectivity index (χ3v) is 8.41. The summed E-state index contributed by atoms with van der Waals surface area (Å²) >= 11 is 0. The lowest BCUT2D eigenvalue weighted by molar-refractivity contribution is -0.168. The molecule has 0 saturated heterocycles. The van der Waals surface area contributed by atoms with Crippen LogP contribution in [0.15, 0.2) is 0 Å². The van der Waals surface area contributed by atoms with Gasteiger partial charge in [-0.15, -0.1) is 0 Å². The molecular weight excluding hydrogens is 324 g/mol. The molecule has 6 aliphatic rings. The molecule has 2 N–H and O–H groups in total. The number of nitrogens with one attached hydrogen (secondary N) is 2. The summed E-state index contributed by atoms with van der Waals surface area (Å²) in [5, 5.41) is 6.79. The molecule has 6 rings (SSSR count). The van der Waals surface area contributed by atoms with Gasteiger partial charge in [-0.3, -0.25) is 9.59 Å². The maximum atomic E-state index is 13.3. The zero-order valence-corrected chi connectivity index (χ0v) is 16.0. The number of rotatable bonds is 4. The molecular formula is C22H34N2O2. The van der Waals surface area contributed by atoms with Crippen molar-refractivity contribution in [2.75, 3.05) is 0 Å². The Morgan fingerprint density at radius 2 is 1.04 bits per heavy atom. The highest BCUT2D eigenvalue weighted by Crippen LogP contribution is 2.65. The van der Waals surface area contributed by atoms with Crippen LogP contribution in [0.4, 0.5) is 0 Å². The Balaban J connectivity index is 1.35. The molecule has 0 radical (unpaired) electrons. The topological polar surface area (TPSA) is 58.2 Å². The molecule has 0 aromatic rings. The fourth-order valence-corrected chi connectivity index (χ4v) is 7.61. The monoisotopic (exact) mass is 358 g/mol. The first kappa shape index (κ1) is 17.1. The van der Waals surface area contributed by atoms with Crippen molar-refractivity contribution in [3.63, 3.8) is 0 Å². The van der Waals surface area contributed by atoms with E-state index in [1.807, 2.05) is 0 Å². The standard InChI is InChI=1S/C22H34N2O2/c25-19(23-17-5-1-2-6-17)21-10-15-9-16(11-21)13-22(12-15,14-21)20(26)24-18-7-3-4-8-18/h15-18H,1-14H2,(H,23,25)(H,24,26). The molecule has 6 fully saturated rings. The highest BCUT2D eigenvalue weighted by atomic mass is 16.2. The Hall–Kier alpha value is -1.06. The van der Waals surface area contributed by atoms with Gasteiger partial charge in [0.2, 0.25) is 11.8 Å². The highest BCUT2D eigenvalue weighted by Gasteiger charge is 2.63. The molecule has 0 aromatic heterocycles. The van der Waals surface area contributed by atoms with Gasteiger partial charge in [-0.05, 0) is 76.0 Å². The minimum absolute atomic E-state index is 0.250.